The molecule has 0 aliphatic carbocycles. The van der Waals surface area contributed by atoms with Crippen molar-refractivity contribution in [1.29, 1.82) is 0 Å². The minimum atomic E-state index is -0.871. The van der Waals surface area contributed by atoms with E-state index in [4.69, 9.17) is 9.47 Å². The lowest BCUT2D eigenvalue weighted by Gasteiger charge is -2.35. The monoisotopic (exact) mass is 594 g/mol. The van der Waals surface area contributed by atoms with Crippen LogP contribution in [-0.4, -0.2) is 66.2 Å². The van der Waals surface area contributed by atoms with Crippen LogP contribution in [0.3, 0.4) is 0 Å². The Morgan fingerprint density at radius 2 is 1.49 bits per heavy atom. The van der Waals surface area contributed by atoms with Gasteiger partial charge in [-0.25, -0.2) is 9.59 Å². The zero-order chi connectivity index (χ0) is 26.2. The predicted molar refractivity (Wildman–Crippen MR) is 144 cm³/mol. The number of benzene rings is 2. The maximum atomic E-state index is 13.9. The van der Waals surface area contributed by atoms with Crippen LogP contribution in [0, 0.1) is 3.57 Å². The number of hydrogen-bond acceptors (Lipinski definition) is 5. The van der Waals surface area contributed by atoms with Gasteiger partial charge in [-0.05, 0) is 67.5 Å². The van der Waals surface area contributed by atoms with Gasteiger partial charge in [0, 0.05) is 30.5 Å². The third-order valence-corrected chi connectivity index (χ3v) is 6.50. The first kappa shape index (κ1) is 28.6. The molecule has 0 spiro atoms. The molecular formula is C27H35IN2O5. The van der Waals surface area contributed by atoms with Crippen molar-refractivity contribution in [3.05, 3.63) is 69.3 Å². The third kappa shape index (κ3) is 8.52. The van der Waals surface area contributed by atoms with Crippen molar-refractivity contribution in [2.45, 2.75) is 58.2 Å². The van der Waals surface area contributed by atoms with E-state index in [1.165, 1.54) is 9.80 Å². The minimum Gasteiger partial charge on any atom is -0.464 e. The molecule has 2 rings (SSSR count). The number of rotatable bonds is 9. The van der Waals surface area contributed by atoms with Gasteiger partial charge in [-0.15, -0.1) is 0 Å². The molecule has 0 N–H and O–H groups in total. The molecule has 2 amide bonds. The summed E-state index contributed by atoms with van der Waals surface area (Å²) in [7, 11) is 3.13. The number of esters is 1. The summed E-state index contributed by atoms with van der Waals surface area (Å²) >= 11 is 2.21. The second-order valence-corrected chi connectivity index (χ2v) is 10.5. The van der Waals surface area contributed by atoms with Crippen molar-refractivity contribution in [3.63, 3.8) is 0 Å². The fourth-order valence-electron chi connectivity index (χ4n) is 3.57. The first-order valence-corrected chi connectivity index (χ1v) is 12.7. The van der Waals surface area contributed by atoms with Crippen LogP contribution in [0.15, 0.2) is 54.6 Å². The maximum absolute atomic E-state index is 13.9. The number of likely N-dealkylation sites (N-methyl/N-ethyl adjacent to an activating group) is 2. The lowest BCUT2D eigenvalue weighted by Crippen LogP contribution is -2.55. The zero-order valence-corrected chi connectivity index (χ0v) is 23.4. The first-order valence-electron chi connectivity index (χ1n) is 11.6. The van der Waals surface area contributed by atoms with Crippen molar-refractivity contribution < 1.29 is 23.9 Å². The van der Waals surface area contributed by atoms with Gasteiger partial charge in [0.05, 0.1) is 6.61 Å². The van der Waals surface area contributed by atoms with E-state index >= 15 is 0 Å². The zero-order valence-electron chi connectivity index (χ0n) is 21.3. The lowest BCUT2D eigenvalue weighted by atomic mass is 10.0. The number of ether oxygens (including phenoxy) is 2. The average Bonchev–Trinajstić information content (AvgIpc) is 2.80. The maximum Gasteiger partial charge on any atom is 0.410 e. The quantitative estimate of drug-likeness (QED) is 0.311. The van der Waals surface area contributed by atoms with Crippen LogP contribution in [0.25, 0.3) is 0 Å². The van der Waals surface area contributed by atoms with Gasteiger partial charge in [0.15, 0.2) is 0 Å². The molecule has 2 unspecified atom stereocenters. The van der Waals surface area contributed by atoms with E-state index in [0.717, 1.165) is 14.7 Å². The van der Waals surface area contributed by atoms with E-state index in [1.807, 2.05) is 54.6 Å². The second kappa shape index (κ2) is 12.9. The van der Waals surface area contributed by atoms with Gasteiger partial charge in [0.2, 0.25) is 5.91 Å². The summed E-state index contributed by atoms with van der Waals surface area (Å²) in [6, 6.07) is 15.4. The summed E-state index contributed by atoms with van der Waals surface area (Å²) in [5.74, 6) is -0.854. The molecule has 0 bridgehead atoms. The highest BCUT2D eigenvalue weighted by atomic mass is 127. The summed E-state index contributed by atoms with van der Waals surface area (Å²) in [5, 5.41) is 0. The molecule has 8 heteroatoms. The normalized spacial score (nSPS) is 12.9. The van der Waals surface area contributed by atoms with Gasteiger partial charge in [0.1, 0.15) is 17.7 Å². The minimum absolute atomic E-state index is 0.203. The van der Waals surface area contributed by atoms with Gasteiger partial charge < -0.3 is 14.4 Å². The Morgan fingerprint density at radius 1 is 0.886 bits per heavy atom. The standard InChI is InChI=1S/C27H35IN2O5/c1-7-34-25(32)23(18-20-15-11-12-16-21(20)28)29(5)24(31)22(17-19-13-9-8-10-14-19)30(6)26(33)35-27(2,3)4/h8-16,22-23H,7,17-18H2,1-6H3. The Kier molecular flexibility index (Phi) is 10.5. The largest absolute Gasteiger partial charge is 0.464 e. The molecule has 0 saturated heterocycles. The Morgan fingerprint density at radius 3 is 2.06 bits per heavy atom. The smallest absolute Gasteiger partial charge is 0.410 e. The Balaban J connectivity index is 2.39. The van der Waals surface area contributed by atoms with Crippen LogP contribution in [0.4, 0.5) is 4.79 Å². The van der Waals surface area contributed by atoms with Gasteiger partial charge in [-0.2, -0.15) is 0 Å². The molecule has 2 aromatic rings. The fraction of sp³-hybridized carbons (Fsp3) is 0.444. The summed E-state index contributed by atoms with van der Waals surface area (Å²) in [6.07, 6.45) is -0.0301. The van der Waals surface area contributed by atoms with Crippen LogP contribution in [-0.2, 0) is 31.9 Å². The van der Waals surface area contributed by atoms with Crippen LogP contribution in [0.1, 0.15) is 38.8 Å². The highest BCUT2D eigenvalue weighted by molar-refractivity contribution is 14.1. The topological polar surface area (TPSA) is 76.2 Å². The average molecular weight is 594 g/mol. The Labute approximate surface area is 221 Å². The molecular weight excluding hydrogens is 559 g/mol. The van der Waals surface area contributed by atoms with Crippen molar-refractivity contribution in [1.82, 2.24) is 9.80 Å². The second-order valence-electron chi connectivity index (χ2n) is 9.31. The molecule has 0 aromatic heterocycles. The third-order valence-electron chi connectivity index (χ3n) is 5.45. The molecule has 2 aromatic carbocycles. The van der Waals surface area contributed by atoms with Crippen LogP contribution >= 0.6 is 22.6 Å². The van der Waals surface area contributed by atoms with Crippen molar-refractivity contribution in [3.8, 4) is 0 Å². The fourth-order valence-corrected chi connectivity index (χ4v) is 4.17. The highest BCUT2D eigenvalue weighted by Crippen LogP contribution is 2.20. The predicted octanol–water partition coefficient (Wildman–Crippen LogP) is 4.70. The van der Waals surface area contributed by atoms with Gasteiger partial charge in [0.25, 0.3) is 0 Å². The van der Waals surface area contributed by atoms with Crippen LogP contribution in [0.2, 0.25) is 0 Å². The van der Waals surface area contributed by atoms with E-state index in [2.05, 4.69) is 22.6 Å². The first-order chi connectivity index (χ1) is 16.4. The summed E-state index contributed by atoms with van der Waals surface area (Å²) in [6.45, 7) is 7.26. The summed E-state index contributed by atoms with van der Waals surface area (Å²) < 4.78 is 11.8. The highest BCUT2D eigenvalue weighted by Gasteiger charge is 2.37. The molecule has 0 radical (unpaired) electrons. The number of amides is 2. The van der Waals surface area contributed by atoms with E-state index in [-0.39, 0.29) is 18.9 Å². The molecule has 0 fully saturated rings. The lowest BCUT2D eigenvalue weighted by molar-refractivity contribution is -0.155. The number of halogens is 1. The molecule has 0 aliphatic heterocycles. The van der Waals surface area contributed by atoms with Crippen LogP contribution < -0.4 is 0 Å². The van der Waals surface area contributed by atoms with E-state index in [1.54, 1.807) is 41.8 Å². The number of nitrogens with zero attached hydrogens (tertiary/aromatic N) is 2. The van der Waals surface area contributed by atoms with Crippen molar-refractivity contribution in [2.24, 2.45) is 0 Å². The Hall–Kier alpha value is -2.62. The molecule has 0 heterocycles. The molecule has 2 atom stereocenters. The molecule has 190 valence electrons. The molecule has 0 aliphatic rings. The number of carbonyl (C=O) groups is 3. The van der Waals surface area contributed by atoms with Crippen molar-refractivity contribution in [2.75, 3.05) is 20.7 Å². The summed E-state index contributed by atoms with van der Waals surface area (Å²) in [4.78, 5) is 42.4. The van der Waals surface area contributed by atoms with E-state index in [0.29, 0.717) is 6.42 Å². The van der Waals surface area contributed by atoms with Gasteiger partial charge in [-0.3, -0.25) is 9.69 Å². The summed E-state index contributed by atoms with van der Waals surface area (Å²) in [5.41, 5.74) is 1.11. The molecule has 0 saturated carbocycles. The number of carbonyl (C=O) groups excluding carboxylic acids is 3. The molecule has 7 nitrogen and oxygen atoms in total. The van der Waals surface area contributed by atoms with Crippen molar-refractivity contribution >= 4 is 40.6 Å². The van der Waals surface area contributed by atoms with Crippen LogP contribution in [0.5, 0.6) is 0 Å². The molecule has 35 heavy (non-hydrogen) atoms. The number of hydrogen-bond donors (Lipinski definition) is 0. The van der Waals surface area contributed by atoms with Gasteiger partial charge >= 0.3 is 12.1 Å². The SMILES string of the molecule is CCOC(=O)C(Cc1ccccc1I)N(C)C(=O)C(Cc1ccccc1)N(C)C(=O)OC(C)(C)C. The Bertz CT molecular complexity index is 1010. The van der Waals surface area contributed by atoms with E-state index in [9.17, 15) is 14.4 Å². The van der Waals surface area contributed by atoms with Gasteiger partial charge in [-0.1, -0.05) is 48.5 Å². The van der Waals surface area contributed by atoms with E-state index < -0.39 is 29.7 Å².